The summed E-state index contributed by atoms with van der Waals surface area (Å²) in [7, 11) is 1.58. The molecule has 0 spiro atoms. The van der Waals surface area contributed by atoms with E-state index in [1.165, 1.54) is 11.3 Å². The van der Waals surface area contributed by atoms with Crippen LogP contribution in [0.1, 0.15) is 5.69 Å². The van der Waals surface area contributed by atoms with Crippen molar-refractivity contribution in [3.05, 3.63) is 46.8 Å². The summed E-state index contributed by atoms with van der Waals surface area (Å²) in [6.45, 7) is 0. The number of carboxylic acid groups (broad SMARTS) is 1. The normalized spacial score (nSPS) is 10.6. The molecule has 0 saturated carbocycles. The maximum absolute atomic E-state index is 10.9. The van der Waals surface area contributed by atoms with Gasteiger partial charge in [-0.15, -0.1) is 0 Å². The Kier molecular flexibility index (Phi) is 3.93. The smallest absolute Gasteiger partial charge is 0.227 e. The van der Waals surface area contributed by atoms with E-state index in [1.807, 2.05) is 35.0 Å². The SMILES string of the molecule is COc1cccc(-c2nc(CC(=O)[O-])c(-c3ccsc3)o2)c1. The van der Waals surface area contributed by atoms with Crippen LogP contribution in [0.5, 0.6) is 5.75 Å². The minimum Gasteiger partial charge on any atom is -0.550 e. The lowest BCUT2D eigenvalue weighted by Gasteiger charge is -2.00. The highest BCUT2D eigenvalue weighted by molar-refractivity contribution is 7.08. The average Bonchev–Trinajstić information content (AvgIpc) is 3.16. The fourth-order valence-corrected chi connectivity index (χ4v) is 2.74. The summed E-state index contributed by atoms with van der Waals surface area (Å²) >= 11 is 1.50. The van der Waals surface area contributed by atoms with Crippen LogP contribution in [-0.2, 0) is 11.2 Å². The molecule has 0 atom stereocenters. The molecule has 0 amide bonds. The van der Waals surface area contributed by atoms with Crippen molar-refractivity contribution in [1.82, 2.24) is 4.98 Å². The van der Waals surface area contributed by atoms with Crippen molar-refractivity contribution in [2.24, 2.45) is 0 Å². The number of carbonyl (C=O) groups excluding carboxylic acids is 1. The number of hydrogen-bond acceptors (Lipinski definition) is 6. The van der Waals surface area contributed by atoms with Crippen LogP contribution in [0.3, 0.4) is 0 Å². The zero-order chi connectivity index (χ0) is 15.5. The Morgan fingerprint density at radius 1 is 1.36 bits per heavy atom. The fraction of sp³-hybridized carbons (Fsp3) is 0.125. The van der Waals surface area contributed by atoms with Gasteiger partial charge >= 0.3 is 0 Å². The quantitative estimate of drug-likeness (QED) is 0.722. The number of benzene rings is 1. The molecular weight excluding hydrogens is 302 g/mol. The number of carboxylic acids is 1. The zero-order valence-corrected chi connectivity index (χ0v) is 12.6. The van der Waals surface area contributed by atoms with Crippen molar-refractivity contribution in [3.8, 4) is 28.5 Å². The molecule has 1 aromatic carbocycles. The molecule has 5 nitrogen and oxygen atoms in total. The second-order valence-electron chi connectivity index (χ2n) is 4.59. The van der Waals surface area contributed by atoms with Crippen LogP contribution in [0.4, 0.5) is 0 Å². The van der Waals surface area contributed by atoms with Gasteiger partial charge in [-0.1, -0.05) is 6.07 Å². The number of aromatic nitrogens is 1. The lowest BCUT2D eigenvalue weighted by atomic mass is 10.2. The highest BCUT2D eigenvalue weighted by atomic mass is 32.1. The van der Waals surface area contributed by atoms with Gasteiger partial charge in [0, 0.05) is 28.9 Å². The number of thiophene rings is 1. The predicted molar refractivity (Wildman–Crippen MR) is 80.5 cm³/mol. The second kappa shape index (κ2) is 6.03. The van der Waals surface area contributed by atoms with Crippen molar-refractivity contribution in [2.45, 2.75) is 6.42 Å². The minimum atomic E-state index is -1.19. The average molecular weight is 314 g/mol. The molecule has 0 radical (unpaired) electrons. The molecule has 2 heterocycles. The lowest BCUT2D eigenvalue weighted by Crippen LogP contribution is -2.24. The van der Waals surface area contributed by atoms with E-state index < -0.39 is 5.97 Å². The molecule has 6 heteroatoms. The molecule has 0 unspecified atom stereocenters. The third-order valence-electron chi connectivity index (χ3n) is 3.11. The number of nitrogens with zero attached hydrogens (tertiary/aromatic N) is 1. The molecule has 0 N–H and O–H groups in total. The van der Waals surface area contributed by atoms with Gasteiger partial charge in [0.1, 0.15) is 5.75 Å². The molecule has 0 aliphatic carbocycles. The van der Waals surface area contributed by atoms with Crippen molar-refractivity contribution in [2.75, 3.05) is 7.11 Å². The standard InChI is InChI=1S/C16H13NO4S/c1-20-12-4-2-3-10(7-12)16-17-13(8-14(18)19)15(21-16)11-5-6-22-9-11/h2-7,9H,8H2,1H3,(H,18,19)/p-1. The summed E-state index contributed by atoms with van der Waals surface area (Å²) in [6.07, 6.45) is -0.293. The molecule has 0 aliphatic rings. The molecule has 3 aromatic rings. The van der Waals surface area contributed by atoms with Gasteiger partial charge in [0.05, 0.1) is 12.8 Å². The van der Waals surface area contributed by atoms with Crippen LogP contribution in [0.15, 0.2) is 45.5 Å². The van der Waals surface area contributed by atoms with Gasteiger partial charge in [-0.25, -0.2) is 4.98 Å². The van der Waals surface area contributed by atoms with E-state index in [2.05, 4.69) is 4.98 Å². The highest BCUT2D eigenvalue weighted by Gasteiger charge is 2.17. The van der Waals surface area contributed by atoms with E-state index in [-0.39, 0.29) is 6.42 Å². The second-order valence-corrected chi connectivity index (χ2v) is 5.37. The van der Waals surface area contributed by atoms with Crippen LogP contribution >= 0.6 is 11.3 Å². The molecular formula is C16H12NO4S-. The van der Waals surface area contributed by atoms with Gasteiger partial charge < -0.3 is 19.1 Å². The van der Waals surface area contributed by atoms with E-state index in [0.717, 1.165) is 11.1 Å². The topological polar surface area (TPSA) is 75.4 Å². The van der Waals surface area contributed by atoms with Crippen molar-refractivity contribution < 1.29 is 19.1 Å². The van der Waals surface area contributed by atoms with Crippen LogP contribution in [0.25, 0.3) is 22.8 Å². The third kappa shape index (κ3) is 2.87. The van der Waals surface area contributed by atoms with Crippen molar-refractivity contribution >= 4 is 17.3 Å². The predicted octanol–water partition coefficient (Wildman–Crippen LogP) is 2.37. The Morgan fingerprint density at radius 2 is 2.23 bits per heavy atom. The number of aliphatic carboxylic acids is 1. The first-order valence-corrected chi connectivity index (χ1v) is 7.48. The highest BCUT2D eigenvalue weighted by Crippen LogP contribution is 2.32. The van der Waals surface area contributed by atoms with E-state index in [4.69, 9.17) is 9.15 Å². The van der Waals surface area contributed by atoms with Crippen LogP contribution < -0.4 is 9.84 Å². The summed E-state index contributed by atoms with van der Waals surface area (Å²) in [5, 5.41) is 14.7. The molecule has 112 valence electrons. The maximum Gasteiger partial charge on any atom is 0.227 e. The summed E-state index contributed by atoms with van der Waals surface area (Å²) < 4.78 is 11.0. The van der Waals surface area contributed by atoms with Gasteiger partial charge in [0.2, 0.25) is 5.89 Å². The van der Waals surface area contributed by atoms with E-state index >= 15 is 0 Å². The van der Waals surface area contributed by atoms with Crippen LogP contribution in [0, 0.1) is 0 Å². The number of hydrogen-bond donors (Lipinski definition) is 0. The number of carbonyl (C=O) groups is 1. The largest absolute Gasteiger partial charge is 0.550 e. The number of rotatable bonds is 5. The van der Waals surface area contributed by atoms with Gasteiger partial charge in [-0.05, 0) is 29.6 Å². The Morgan fingerprint density at radius 3 is 2.91 bits per heavy atom. The molecule has 0 bridgehead atoms. The lowest BCUT2D eigenvalue weighted by molar-refractivity contribution is -0.304. The molecule has 2 aromatic heterocycles. The Labute approximate surface area is 130 Å². The van der Waals surface area contributed by atoms with Crippen molar-refractivity contribution in [3.63, 3.8) is 0 Å². The molecule has 0 aliphatic heterocycles. The molecule has 0 fully saturated rings. The van der Waals surface area contributed by atoms with E-state index in [0.29, 0.717) is 23.1 Å². The number of oxazole rings is 1. The molecule has 22 heavy (non-hydrogen) atoms. The third-order valence-corrected chi connectivity index (χ3v) is 3.79. The van der Waals surface area contributed by atoms with Crippen LogP contribution in [0.2, 0.25) is 0 Å². The van der Waals surface area contributed by atoms with E-state index in [1.54, 1.807) is 13.2 Å². The van der Waals surface area contributed by atoms with Gasteiger partial charge in [-0.2, -0.15) is 11.3 Å². The maximum atomic E-state index is 10.9. The Hall–Kier alpha value is -2.60. The first-order valence-electron chi connectivity index (χ1n) is 6.54. The summed E-state index contributed by atoms with van der Waals surface area (Å²) in [5.41, 5.74) is 1.89. The number of methoxy groups -OCH3 is 1. The first kappa shape index (κ1) is 14.3. The summed E-state index contributed by atoms with van der Waals surface area (Å²) in [4.78, 5) is 15.2. The van der Waals surface area contributed by atoms with Crippen molar-refractivity contribution in [1.29, 1.82) is 0 Å². The Bertz CT molecular complexity index is 792. The fourth-order valence-electron chi connectivity index (χ4n) is 2.11. The monoisotopic (exact) mass is 314 g/mol. The summed E-state index contributed by atoms with van der Waals surface area (Å²) in [5.74, 6) is 0.302. The minimum absolute atomic E-state index is 0.293. The van der Waals surface area contributed by atoms with Gasteiger partial charge in [-0.3, -0.25) is 0 Å². The zero-order valence-electron chi connectivity index (χ0n) is 11.7. The van der Waals surface area contributed by atoms with Crippen LogP contribution in [-0.4, -0.2) is 18.1 Å². The van der Waals surface area contributed by atoms with Gasteiger partial charge in [0.15, 0.2) is 5.76 Å². The molecule has 0 saturated heterocycles. The van der Waals surface area contributed by atoms with Gasteiger partial charge in [0.25, 0.3) is 0 Å². The molecule has 3 rings (SSSR count). The number of ether oxygens (including phenoxy) is 1. The first-order chi connectivity index (χ1) is 10.7. The Balaban J connectivity index is 2.07. The van der Waals surface area contributed by atoms with E-state index in [9.17, 15) is 9.90 Å². The summed E-state index contributed by atoms with van der Waals surface area (Å²) in [6, 6.07) is 9.11.